The van der Waals surface area contributed by atoms with Crippen molar-refractivity contribution in [2.45, 2.75) is 50.6 Å². The molecule has 2 aliphatic heterocycles. The van der Waals surface area contributed by atoms with Crippen LogP contribution in [0.2, 0.25) is 0 Å². The van der Waals surface area contributed by atoms with E-state index < -0.39 is 0 Å². The number of pyridine rings is 1. The molecule has 32 heavy (non-hydrogen) atoms. The maximum absolute atomic E-state index is 12.7. The van der Waals surface area contributed by atoms with Gasteiger partial charge in [0.1, 0.15) is 0 Å². The second-order valence-electron chi connectivity index (χ2n) is 8.67. The van der Waals surface area contributed by atoms with E-state index in [0.29, 0.717) is 57.8 Å². The predicted octanol–water partition coefficient (Wildman–Crippen LogP) is 0.933. The number of carbonyl (C=O) groups excluding carboxylic acids is 2. The zero-order valence-corrected chi connectivity index (χ0v) is 18.5. The second-order valence-corrected chi connectivity index (χ2v) is 8.67. The molecular weight excluding hydrogens is 412 g/mol. The van der Waals surface area contributed by atoms with Gasteiger partial charge in [-0.1, -0.05) is 6.07 Å². The average molecular weight is 447 g/mol. The lowest BCUT2D eigenvalue weighted by molar-refractivity contribution is -0.136. The maximum atomic E-state index is 12.7. The third kappa shape index (κ3) is 7.56. The van der Waals surface area contributed by atoms with Gasteiger partial charge in [-0.2, -0.15) is 0 Å². The molecule has 1 aromatic rings. The van der Waals surface area contributed by atoms with E-state index in [1.54, 1.807) is 12.4 Å². The minimum Gasteiger partial charge on any atom is -0.483 e. The molecule has 2 atom stereocenters. The third-order valence-corrected chi connectivity index (χ3v) is 6.33. The van der Waals surface area contributed by atoms with E-state index in [1.807, 2.05) is 17.0 Å². The van der Waals surface area contributed by atoms with Crippen molar-refractivity contribution in [1.29, 1.82) is 0 Å². The summed E-state index contributed by atoms with van der Waals surface area (Å²) in [5.74, 6) is 1.06. The fourth-order valence-corrected chi connectivity index (χ4v) is 4.48. The van der Waals surface area contributed by atoms with Gasteiger partial charge in [-0.3, -0.25) is 24.3 Å². The van der Waals surface area contributed by atoms with E-state index >= 15 is 0 Å². The minimum atomic E-state index is -0.250. The molecule has 1 aliphatic carbocycles. The molecule has 2 saturated heterocycles. The number of carboxylic acid groups (broad SMARTS) is 1. The Balaban J connectivity index is 0.000000913. The molecule has 4 rings (SSSR count). The molecule has 1 aromatic heterocycles. The summed E-state index contributed by atoms with van der Waals surface area (Å²) < 4.78 is 5.37. The fourth-order valence-electron chi connectivity index (χ4n) is 4.48. The lowest BCUT2D eigenvalue weighted by Gasteiger charge is -2.33. The number of likely N-dealkylation sites (tertiary alicyclic amines) is 1. The molecule has 3 fully saturated rings. The Labute approximate surface area is 189 Å². The van der Waals surface area contributed by atoms with Gasteiger partial charge in [0.2, 0.25) is 11.8 Å². The Bertz CT molecular complexity index is 737. The molecule has 0 bridgehead atoms. The molecule has 0 radical (unpaired) electrons. The number of hydrogen-bond acceptors (Lipinski definition) is 6. The van der Waals surface area contributed by atoms with Gasteiger partial charge in [-0.25, -0.2) is 0 Å². The summed E-state index contributed by atoms with van der Waals surface area (Å²) in [6, 6.07) is 4.41. The summed E-state index contributed by atoms with van der Waals surface area (Å²) in [7, 11) is 0. The van der Waals surface area contributed by atoms with E-state index in [2.05, 4.69) is 15.2 Å². The summed E-state index contributed by atoms with van der Waals surface area (Å²) in [5, 5.41) is 10.0. The minimum absolute atomic E-state index is 0.0391. The first-order chi connectivity index (χ1) is 15.6. The van der Waals surface area contributed by atoms with E-state index in [4.69, 9.17) is 14.6 Å². The molecule has 0 aromatic carbocycles. The van der Waals surface area contributed by atoms with Crippen molar-refractivity contribution in [2.24, 2.45) is 5.92 Å². The second kappa shape index (κ2) is 12.5. The zero-order valence-electron chi connectivity index (χ0n) is 18.5. The molecule has 176 valence electrons. The highest BCUT2D eigenvalue weighted by Gasteiger charge is 2.38. The van der Waals surface area contributed by atoms with Crippen molar-refractivity contribution >= 4 is 18.3 Å². The highest BCUT2D eigenvalue weighted by molar-refractivity contribution is 5.78. The van der Waals surface area contributed by atoms with Crippen LogP contribution in [0.3, 0.4) is 0 Å². The van der Waals surface area contributed by atoms with Gasteiger partial charge in [-0.05, 0) is 43.2 Å². The molecule has 0 spiro atoms. The number of rotatable bonds is 8. The van der Waals surface area contributed by atoms with E-state index in [1.165, 1.54) is 12.8 Å². The van der Waals surface area contributed by atoms with Crippen molar-refractivity contribution in [3.63, 3.8) is 0 Å². The monoisotopic (exact) mass is 446 g/mol. The molecule has 2 N–H and O–H groups in total. The third-order valence-electron chi connectivity index (χ3n) is 6.33. The highest BCUT2D eigenvalue weighted by atomic mass is 16.5. The average Bonchev–Trinajstić information content (AvgIpc) is 3.55. The van der Waals surface area contributed by atoms with Crippen LogP contribution in [0.15, 0.2) is 24.5 Å². The van der Waals surface area contributed by atoms with Crippen LogP contribution in [0, 0.1) is 5.92 Å². The normalized spacial score (nSPS) is 23.2. The maximum Gasteiger partial charge on any atom is 0.290 e. The van der Waals surface area contributed by atoms with Crippen LogP contribution >= 0.6 is 0 Å². The number of nitrogens with zero attached hydrogens (tertiary/aromatic N) is 3. The van der Waals surface area contributed by atoms with E-state index in [0.717, 1.165) is 30.9 Å². The summed E-state index contributed by atoms with van der Waals surface area (Å²) in [6.07, 6.45) is 9.07. The highest BCUT2D eigenvalue weighted by Crippen LogP contribution is 2.35. The van der Waals surface area contributed by atoms with Crippen molar-refractivity contribution in [1.82, 2.24) is 20.1 Å². The number of ether oxygens (including phenoxy) is 1. The van der Waals surface area contributed by atoms with Crippen LogP contribution < -0.4 is 5.32 Å². The lowest BCUT2D eigenvalue weighted by atomic mass is 10.1. The first-order valence-electron chi connectivity index (χ1n) is 11.5. The molecule has 2 amide bonds. The van der Waals surface area contributed by atoms with Crippen LogP contribution in [0.4, 0.5) is 0 Å². The van der Waals surface area contributed by atoms with Crippen LogP contribution in [0.5, 0.6) is 0 Å². The summed E-state index contributed by atoms with van der Waals surface area (Å²) >= 11 is 0. The van der Waals surface area contributed by atoms with Gasteiger partial charge in [0.05, 0.1) is 19.6 Å². The van der Waals surface area contributed by atoms with Crippen molar-refractivity contribution in [3.05, 3.63) is 30.1 Å². The first kappa shape index (κ1) is 24.1. The molecule has 3 heterocycles. The largest absolute Gasteiger partial charge is 0.483 e. The van der Waals surface area contributed by atoms with Gasteiger partial charge in [-0.15, -0.1) is 0 Å². The van der Waals surface area contributed by atoms with Crippen LogP contribution in [-0.2, 0) is 25.5 Å². The predicted molar refractivity (Wildman–Crippen MR) is 118 cm³/mol. The van der Waals surface area contributed by atoms with Gasteiger partial charge in [0.15, 0.2) is 0 Å². The molecule has 9 heteroatoms. The van der Waals surface area contributed by atoms with Crippen LogP contribution in [0.1, 0.15) is 37.7 Å². The van der Waals surface area contributed by atoms with Crippen molar-refractivity contribution in [2.75, 3.05) is 39.4 Å². The van der Waals surface area contributed by atoms with Crippen molar-refractivity contribution in [3.8, 4) is 0 Å². The van der Waals surface area contributed by atoms with Crippen LogP contribution in [-0.4, -0.2) is 89.7 Å². The Morgan fingerprint density at radius 2 is 1.91 bits per heavy atom. The Hall–Kier alpha value is -2.52. The fraction of sp³-hybridized carbons (Fsp3) is 0.652. The number of aromatic nitrogens is 1. The Morgan fingerprint density at radius 1 is 1.19 bits per heavy atom. The SMILES string of the molecule is O=C(Cc1cccnc1)NC[C@@H]1CC[C@H](CC(=O)N2CCOCC2)N1CC1CC1.O=CO. The van der Waals surface area contributed by atoms with Crippen molar-refractivity contribution < 1.29 is 24.2 Å². The first-order valence-corrected chi connectivity index (χ1v) is 11.5. The molecule has 0 unspecified atom stereocenters. The van der Waals surface area contributed by atoms with Gasteiger partial charge < -0.3 is 20.1 Å². The number of morpholine rings is 1. The topological polar surface area (TPSA) is 112 Å². The number of nitrogens with one attached hydrogen (secondary N) is 1. The standard InChI is InChI=1S/C22H32N4O3.CH2O2/c27-21(12-18-2-1-7-23-14-18)24-15-20-6-5-19(26(20)16-17-3-4-17)13-22(28)25-8-10-29-11-9-25;2-1-3/h1-2,7,14,17,19-20H,3-6,8-13,15-16H2,(H,24,27);1H,(H,2,3)/t19-,20+;/m1./s1. The van der Waals surface area contributed by atoms with Gasteiger partial charge >= 0.3 is 0 Å². The molecule has 3 aliphatic rings. The van der Waals surface area contributed by atoms with Gasteiger partial charge in [0.25, 0.3) is 6.47 Å². The Morgan fingerprint density at radius 3 is 2.56 bits per heavy atom. The van der Waals surface area contributed by atoms with Gasteiger partial charge in [0, 0.05) is 57.1 Å². The summed E-state index contributed by atoms with van der Waals surface area (Å²) in [5.41, 5.74) is 0.931. The molecule has 9 nitrogen and oxygen atoms in total. The lowest BCUT2D eigenvalue weighted by Crippen LogP contribution is -2.47. The number of hydrogen-bond donors (Lipinski definition) is 2. The van der Waals surface area contributed by atoms with E-state index in [9.17, 15) is 9.59 Å². The Kier molecular flexibility index (Phi) is 9.43. The van der Waals surface area contributed by atoms with E-state index in [-0.39, 0.29) is 18.3 Å². The molecular formula is C23H34N4O5. The smallest absolute Gasteiger partial charge is 0.290 e. The number of amides is 2. The zero-order chi connectivity index (χ0) is 22.8. The quantitative estimate of drug-likeness (QED) is 0.572. The summed E-state index contributed by atoms with van der Waals surface area (Å²) in [6.45, 7) is 4.18. The van der Waals surface area contributed by atoms with Crippen LogP contribution in [0.25, 0.3) is 0 Å². The summed E-state index contributed by atoms with van der Waals surface area (Å²) in [4.78, 5) is 42.0. The molecule has 1 saturated carbocycles. The number of carbonyl (C=O) groups is 3.